The summed E-state index contributed by atoms with van der Waals surface area (Å²) in [6.45, 7) is 2.90. The molecule has 7 rings (SSSR count). The summed E-state index contributed by atoms with van der Waals surface area (Å²) in [5.41, 5.74) is 6.23. The summed E-state index contributed by atoms with van der Waals surface area (Å²) in [6, 6.07) is 39.1. The largest absolute Gasteiger partial charge is 0.324 e. The Balaban J connectivity index is 1.20. The number of carbonyl (C=O) groups is 1. The van der Waals surface area contributed by atoms with Crippen molar-refractivity contribution >= 4 is 60.6 Å². The highest BCUT2D eigenvalue weighted by molar-refractivity contribution is 7.98. The van der Waals surface area contributed by atoms with Crippen LogP contribution in [0, 0.1) is 6.92 Å². The predicted molar refractivity (Wildman–Crippen MR) is 205 cm³/mol. The topological polar surface area (TPSA) is 87.3 Å². The standard InChI is InChI=1S/C41H39N3O3S2/c1-28-12-14-30(15-13-28)27-48-26-24-29-16-20-33(21-17-29)49(46,47)44-37-23-19-32-8-3-5-10-35(32)40(37)39-34-9-4-2-7-31(34)18-22-36(39)43-41(45)38-11-6-25-42-38/h2-5,7-10,12-23,38,42,44H,6,11,24-27H2,1H3,(H,43,45). The van der Waals surface area contributed by atoms with Crippen LogP contribution in [0.1, 0.15) is 29.5 Å². The Morgan fingerprint density at radius 2 is 1.37 bits per heavy atom. The number of sulfonamides is 1. The molecule has 0 bridgehead atoms. The zero-order valence-electron chi connectivity index (χ0n) is 27.4. The lowest BCUT2D eigenvalue weighted by molar-refractivity contribution is -0.117. The smallest absolute Gasteiger partial charge is 0.261 e. The maximum absolute atomic E-state index is 14.0. The van der Waals surface area contributed by atoms with Crippen molar-refractivity contribution in [2.24, 2.45) is 0 Å². The van der Waals surface area contributed by atoms with Gasteiger partial charge in [-0.1, -0.05) is 103 Å². The van der Waals surface area contributed by atoms with Crippen molar-refractivity contribution in [1.82, 2.24) is 5.32 Å². The first kappa shape index (κ1) is 32.9. The molecule has 49 heavy (non-hydrogen) atoms. The fraction of sp³-hybridized carbons (Fsp3) is 0.195. The van der Waals surface area contributed by atoms with Gasteiger partial charge in [0.2, 0.25) is 5.91 Å². The molecule has 0 spiro atoms. The number of anilines is 2. The zero-order valence-corrected chi connectivity index (χ0v) is 29.0. The van der Waals surface area contributed by atoms with Gasteiger partial charge < -0.3 is 10.6 Å². The SMILES string of the molecule is Cc1ccc(CSCCc2ccc(S(=O)(=O)Nc3ccc4ccccc4c3-c3c(NC(=O)C4CCCN4)ccc4ccccc34)cc2)cc1. The lowest BCUT2D eigenvalue weighted by atomic mass is 9.91. The average Bonchev–Trinajstić information content (AvgIpc) is 3.67. The second-order valence-corrected chi connectivity index (χ2v) is 15.4. The second-order valence-electron chi connectivity index (χ2n) is 12.6. The lowest BCUT2D eigenvalue weighted by Crippen LogP contribution is -2.35. The molecule has 3 N–H and O–H groups in total. The van der Waals surface area contributed by atoms with E-state index in [1.165, 1.54) is 11.1 Å². The fourth-order valence-corrected chi connectivity index (χ4v) is 8.53. The lowest BCUT2D eigenvalue weighted by Gasteiger charge is -2.21. The molecule has 6 aromatic rings. The second kappa shape index (κ2) is 14.5. The van der Waals surface area contributed by atoms with Gasteiger partial charge in [0.25, 0.3) is 10.0 Å². The van der Waals surface area contributed by atoms with Gasteiger partial charge in [-0.3, -0.25) is 9.52 Å². The molecule has 1 fully saturated rings. The summed E-state index contributed by atoms with van der Waals surface area (Å²) < 4.78 is 30.9. The Hall–Kier alpha value is -4.63. The zero-order chi connectivity index (χ0) is 33.8. The average molecular weight is 686 g/mol. The maximum Gasteiger partial charge on any atom is 0.261 e. The highest BCUT2D eigenvalue weighted by Gasteiger charge is 2.25. The van der Waals surface area contributed by atoms with Crippen molar-refractivity contribution < 1.29 is 13.2 Å². The van der Waals surface area contributed by atoms with Gasteiger partial charge in [-0.2, -0.15) is 11.8 Å². The third-order valence-electron chi connectivity index (χ3n) is 9.15. The van der Waals surface area contributed by atoms with Gasteiger partial charge in [0.1, 0.15) is 0 Å². The molecule has 6 aromatic carbocycles. The first-order valence-corrected chi connectivity index (χ1v) is 19.3. The summed E-state index contributed by atoms with van der Waals surface area (Å²) in [7, 11) is -3.95. The van der Waals surface area contributed by atoms with E-state index in [9.17, 15) is 13.2 Å². The van der Waals surface area contributed by atoms with Crippen LogP contribution in [0.4, 0.5) is 11.4 Å². The summed E-state index contributed by atoms with van der Waals surface area (Å²) in [4.78, 5) is 13.6. The van der Waals surface area contributed by atoms with Gasteiger partial charge in [0.05, 0.1) is 16.6 Å². The summed E-state index contributed by atoms with van der Waals surface area (Å²) in [5.74, 6) is 1.80. The number of rotatable bonds is 11. The number of thioether (sulfide) groups is 1. The Morgan fingerprint density at radius 1 is 0.755 bits per heavy atom. The van der Waals surface area contributed by atoms with E-state index >= 15 is 0 Å². The molecule has 1 aliphatic rings. The van der Waals surface area contributed by atoms with E-state index in [-0.39, 0.29) is 16.8 Å². The number of hydrogen-bond donors (Lipinski definition) is 3. The third kappa shape index (κ3) is 7.37. The maximum atomic E-state index is 14.0. The number of fused-ring (bicyclic) bond motifs is 2. The minimum Gasteiger partial charge on any atom is -0.324 e. The van der Waals surface area contributed by atoms with Crippen LogP contribution in [-0.2, 0) is 27.0 Å². The first-order valence-electron chi connectivity index (χ1n) is 16.7. The molecule has 1 unspecified atom stereocenters. The monoisotopic (exact) mass is 685 g/mol. The van der Waals surface area contributed by atoms with E-state index in [4.69, 9.17) is 0 Å². The van der Waals surface area contributed by atoms with Crippen molar-refractivity contribution in [1.29, 1.82) is 0 Å². The molecular weight excluding hydrogens is 647 g/mol. The third-order valence-corrected chi connectivity index (χ3v) is 11.6. The van der Waals surface area contributed by atoms with Crippen molar-refractivity contribution in [2.45, 2.75) is 42.9 Å². The molecule has 1 amide bonds. The number of amides is 1. The first-order chi connectivity index (χ1) is 23.9. The van der Waals surface area contributed by atoms with Crippen LogP contribution in [-0.4, -0.2) is 32.7 Å². The predicted octanol–water partition coefficient (Wildman–Crippen LogP) is 8.94. The number of carbonyl (C=O) groups excluding carboxylic acids is 1. The molecule has 1 aliphatic heterocycles. The van der Waals surface area contributed by atoms with E-state index < -0.39 is 10.0 Å². The molecular formula is C41H39N3O3S2. The quantitative estimate of drug-likeness (QED) is 0.119. The molecule has 0 saturated carbocycles. The molecule has 0 radical (unpaired) electrons. The Morgan fingerprint density at radius 3 is 2.02 bits per heavy atom. The summed E-state index contributed by atoms with van der Waals surface area (Å²) >= 11 is 1.87. The normalized spacial score (nSPS) is 14.7. The van der Waals surface area contributed by atoms with Gasteiger partial charge >= 0.3 is 0 Å². The van der Waals surface area contributed by atoms with E-state index in [1.807, 2.05) is 96.7 Å². The number of aryl methyl sites for hydroxylation is 2. The van der Waals surface area contributed by atoms with Gasteiger partial charge in [-0.05, 0) is 95.4 Å². The molecule has 248 valence electrons. The van der Waals surface area contributed by atoms with Gasteiger partial charge in [0.15, 0.2) is 0 Å². The van der Waals surface area contributed by atoms with Crippen molar-refractivity contribution in [3.05, 3.63) is 138 Å². The van der Waals surface area contributed by atoms with Crippen LogP contribution >= 0.6 is 11.8 Å². The van der Waals surface area contributed by atoms with Crippen LogP contribution in [0.15, 0.2) is 126 Å². The minimum absolute atomic E-state index is 0.0926. The summed E-state index contributed by atoms with van der Waals surface area (Å²) in [6.07, 6.45) is 2.58. The minimum atomic E-state index is -3.95. The van der Waals surface area contributed by atoms with Crippen LogP contribution in [0.3, 0.4) is 0 Å². The fourth-order valence-electron chi connectivity index (χ4n) is 6.50. The summed E-state index contributed by atoms with van der Waals surface area (Å²) in [5, 5.41) is 10.2. The van der Waals surface area contributed by atoms with Crippen LogP contribution in [0.25, 0.3) is 32.7 Å². The molecule has 1 atom stereocenters. The Labute approximate surface area is 292 Å². The van der Waals surface area contributed by atoms with Gasteiger partial charge in [0, 0.05) is 22.6 Å². The molecule has 6 nitrogen and oxygen atoms in total. The van der Waals surface area contributed by atoms with Crippen LogP contribution < -0.4 is 15.4 Å². The highest BCUT2D eigenvalue weighted by atomic mass is 32.2. The van der Waals surface area contributed by atoms with Crippen molar-refractivity contribution in [3.63, 3.8) is 0 Å². The Kier molecular flexibility index (Phi) is 9.71. The molecule has 0 aliphatic carbocycles. The van der Waals surface area contributed by atoms with Gasteiger partial charge in [-0.25, -0.2) is 8.42 Å². The molecule has 0 aromatic heterocycles. The molecule has 1 heterocycles. The van der Waals surface area contributed by atoms with Gasteiger partial charge in [-0.15, -0.1) is 0 Å². The number of nitrogens with one attached hydrogen (secondary N) is 3. The van der Waals surface area contributed by atoms with Crippen LogP contribution in [0.5, 0.6) is 0 Å². The molecule has 8 heteroatoms. The van der Waals surface area contributed by atoms with Crippen molar-refractivity contribution in [2.75, 3.05) is 22.3 Å². The highest BCUT2D eigenvalue weighted by Crippen LogP contribution is 2.44. The van der Waals surface area contributed by atoms with E-state index in [2.05, 4.69) is 46.5 Å². The van der Waals surface area contributed by atoms with E-state index in [1.54, 1.807) is 12.1 Å². The number of benzene rings is 6. The Bertz CT molecular complexity index is 2230. The van der Waals surface area contributed by atoms with E-state index in [0.29, 0.717) is 11.4 Å². The number of hydrogen-bond acceptors (Lipinski definition) is 5. The molecule has 1 saturated heterocycles. The van der Waals surface area contributed by atoms with Crippen molar-refractivity contribution in [3.8, 4) is 11.1 Å². The van der Waals surface area contributed by atoms with E-state index in [0.717, 1.165) is 75.5 Å². The van der Waals surface area contributed by atoms with Crippen LogP contribution in [0.2, 0.25) is 0 Å².